The van der Waals surface area contributed by atoms with Crippen molar-refractivity contribution in [1.82, 2.24) is 19.7 Å². The number of benzene rings is 1. The number of aromatic nitrogens is 3. The van der Waals surface area contributed by atoms with Gasteiger partial charge in [0.1, 0.15) is 0 Å². The highest BCUT2D eigenvalue weighted by atomic mass is 32.2. The number of likely N-dealkylation sites (tertiary alicyclic amines) is 1. The topological polar surface area (TPSA) is 54.3 Å². The van der Waals surface area contributed by atoms with E-state index in [9.17, 15) is 4.79 Å². The maximum absolute atomic E-state index is 12.5. The molecule has 1 aromatic heterocycles. The Balaban J connectivity index is 1.59. The normalized spacial score (nSPS) is 17.5. The maximum atomic E-state index is 12.5. The molecule has 6 nitrogen and oxygen atoms in total. The molecule has 0 unspecified atom stereocenters. The molecule has 0 bridgehead atoms. The molecule has 2 aliphatic rings. The summed E-state index contributed by atoms with van der Waals surface area (Å²) in [5.74, 6) is 1.52. The van der Waals surface area contributed by atoms with Crippen LogP contribution in [0.5, 0.6) is 0 Å². The van der Waals surface area contributed by atoms with Crippen molar-refractivity contribution in [2.45, 2.75) is 44.2 Å². The Hall–Kier alpha value is -2.02. The van der Waals surface area contributed by atoms with Crippen molar-refractivity contribution in [2.24, 2.45) is 0 Å². The van der Waals surface area contributed by atoms with E-state index in [-0.39, 0.29) is 5.91 Å². The van der Waals surface area contributed by atoms with Gasteiger partial charge in [-0.2, -0.15) is 0 Å². The van der Waals surface area contributed by atoms with Gasteiger partial charge in [0.2, 0.25) is 11.9 Å². The lowest BCUT2D eigenvalue weighted by molar-refractivity contribution is -0.127. The summed E-state index contributed by atoms with van der Waals surface area (Å²) in [5.41, 5.74) is 2.28. The lowest BCUT2D eigenvalue weighted by Crippen LogP contribution is -2.32. The molecular weight excluding hydrogens is 358 g/mol. The largest absolute Gasteiger partial charge is 0.342 e. The lowest BCUT2D eigenvalue weighted by atomic mass is 10.1. The van der Waals surface area contributed by atoms with Crippen LogP contribution < -0.4 is 4.90 Å². The van der Waals surface area contributed by atoms with E-state index in [1.807, 2.05) is 4.90 Å². The molecule has 0 saturated carbocycles. The highest BCUT2D eigenvalue weighted by Gasteiger charge is 2.23. The first-order chi connectivity index (χ1) is 13.2. The predicted octanol–water partition coefficient (Wildman–Crippen LogP) is 3.28. The van der Waals surface area contributed by atoms with Gasteiger partial charge in [-0.15, -0.1) is 10.2 Å². The third kappa shape index (κ3) is 4.13. The van der Waals surface area contributed by atoms with E-state index >= 15 is 0 Å². The number of thioether (sulfide) groups is 1. The van der Waals surface area contributed by atoms with E-state index in [1.54, 1.807) is 0 Å². The number of hydrogen-bond acceptors (Lipinski definition) is 5. The number of nitrogens with zero attached hydrogens (tertiary/aromatic N) is 5. The van der Waals surface area contributed by atoms with Crippen molar-refractivity contribution in [3.63, 3.8) is 0 Å². The SMILES string of the molecule is Cc1ccc(-n2c(SCC(=O)N3CCCC3)nnc2N2CCCCC2)cc1. The highest BCUT2D eigenvalue weighted by molar-refractivity contribution is 7.99. The first-order valence-corrected chi connectivity index (χ1v) is 10.9. The van der Waals surface area contributed by atoms with E-state index in [2.05, 4.69) is 50.9 Å². The van der Waals surface area contributed by atoms with Gasteiger partial charge in [-0.3, -0.25) is 9.36 Å². The fraction of sp³-hybridized carbons (Fsp3) is 0.550. The van der Waals surface area contributed by atoms with Crippen LogP contribution in [0.1, 0.15) is 37.7 Å². The van der Waals surface area contributed by atoms with Crippen LogP contribution in [0.2, 0.25) is 0 Å². The minimum Gasteiger partial charge on any atom is -0.342 e. The van der Waals surface area contributed by atoms with Crippen molar-refractivity contribution < 1.29 is 4.79 Å². The summed E-state index contributed by atoms with van der Waals surface area (Å²) in [7, 11) is 0. The van der Waals surface area contributed by atoms with Crippen molar-refractivity contribution >= 4 is 23.6 Å². The van der Waals surface area contributed by atoms with Crippen LogP contribution in [-0.2, 0) is 4.79 Å². The molecule has 4 rings (SSSR count). The molecule has 1 amide bonds. The van der Waals surface area contributed by atoms with Crippen molar-refractivity contribution in [2.75, 3.05) is 36.8 Å². The Labute approximate surface area is 164 Å². The zero-order chi connectivity index (χ0) is 18.6. The zero-order valence-corrected chi connectivity index (χ0v) is 16.7. The molecule has 7 heteroatoms. The van der Waals surface area contributed by atoms with Gasteiger partial charge in [0.15, 0.2) is 5.16 Å². The van der Waals surface area contributed by atoms with E-state index in [0.29, 0.717) is 5.75 Å². The molecule has 0 spiro atoms. The van der Waals surface area contributed by atoms with Gasteiger partial charge < -0.3 is 9.80 Å². The van der Waals surface area contributed by atoms with Crippen LogP contribution in [0.25, 0.3) is 5.69 Å². The smallest absolute Gasteiger partial charge is 0.233 e. The Morgan fingerprint density at radius 2 is 1.63 bits per heavy atom. The Bertz CT molecular complexity index is 776. The molecule has 1 aromatic carbocycles. The van der Waals surface area contributed by atoms with Crippen LogP contribution in [0.3, 0.4) is 0 Å². The summed E-state index contributed by atoms with van der Waals surface area (Å²) in [4.78, 5) is 16.7. The fourth-order valence-electron chi connectivity index (χ4n) is 3.76. The number of anilines is 1. The third-order valence-corrected chi connectivity index (χ3v) is 6.24. The number of amides is 1. The van der Waals surface area contributed by atoms with Gasteiger partial charge in [0.05, 0.1) is 11.4 Å². The summed E-state index contributed by atoms with van der Waals surface area (Å²) in [6.07, 6.45) is 5.90. The molecule has 2 saturated heterocycles. The molecule has 3 heterocycles. The molecule has 2 aromatic rings. The first kappa shape index (κ1) is 18.3. The van der Waals surface area contributed by atoms with Crippen LogP contribution in [0.4, 0.5) is 5.95 Å². The molecule has 0 atom stereocenters. The van der Waals surface area contributed by atoms with Gasteiger partial charge >= 0.3 is 0 Å². The molecule has 2 fully saturated rings. The van der Waals surface area contributed by atoms with Gasteiger partial charge in [-0.25, -0.2) is 0 Å². The Morgan fingerprint density at radius 3 is 2.33 bits per heavy atom. The molecular formula is C20H27N5OS. The number of carbonyl (C=O) groups is 1. The second-order valence-corrected chi connectivity index (χ2v) is 8.32. The van der Waals surface area contributed by atoms with E-state index in [0.717, 1.165) is 55.8 Å². The number of piperidine rings is 1. The Kier molecular flexibility index (Phi) is 5.66. The fourth-order valence-corrected chi connectivity index (χ4v) is 4.61. The van der Waals surface area contributed by atoms with Gasteiger partial charge in [-0.05, 0) is 51.2 Å². The average Bonchev–Trinajstić information content (AvgIpc) is 3.38. The molecule has 0 aliphatic carbocycles. The quantitative estimate of drug-likeness (QED) is 0.740. The second-order valence-electron chi connectivity index (χ2n) is 7.38. The monoisotopic (exact) mass is 385 g/mol. The number of carbonyl (C=O) groups excluding carboxylic acids is 1. The minimum atomic E-state index is 0.204. The van der Waals surface area contributed by atoms with Crippen LogP contribution >= 0.6 is 11.8 Å². The average molecular weight is 386 g/mol. The molecule has 2 aliphatic heterocycles. The van der Waals surface area contributed by atoms with E-state index in [4.69, 9.17) is 0 Å². The summed E-state index contributed by atoms with van der Waals surface area (Å²) in [5, 5.41) is 9.76. The van der Waals surface area contributed by atoms with Crippen LogP contribution in [0.15, 0.2) is 29.4 Å². The summed E-state index contributed by atoms with van der Waals surface area (Å²) < 4.78 is 2.12. The third-order valence-electron chi connectivity index (χ3n) is 5.33. The highest BCUT2D eigenvalue weighted by Crippen LogP contribution is 2.29. The predicted molar refractivity (Wildman–Crippen MR) is 109 cm³/mol. The van der Waals surface area contributed by atoms with E-state index < -0.39 is 0 Å². The molecule has 0 N–H and O–H groups in total. The lowest BCUT2D eigenvalue weighted by Gasteiger charge is -2.27. The van der Waals surface area contributed by atoms with Crippen molar-refractivity contribution in [1.29, 1.82) is 0 Å². The van der Waals surface area contributed by atoms with Gasteiger partial charge in [0.25, 0.3) is 0 Å². The zero-order valence-electron chi connectivity index (χ0n) is 15.9. The van der Waals surface area contributed by atoms with Crippen molar-refractivity contribution in [3.05, 3.63) is 29.8 Å². The van der Waals surface area contributed by atoms with Crippen LogP contribution in [0, 0.1) is 6.92 Å². The molecule has 0 radical (unpaired) electrons. The molecule has 27 heavy (non-hydrogen) atoms. The minimum absolute atomic E-state index is 0.204. The second kappa shape index (κ2) is 8.33. The van der Waals surface area contributed by atoms with E-state index in [1.165, 1.54) is 36.6 Å². The maximum Gasteiger partial charge on any atom is 0.233 e. The molecule has 144 valence electrons. The number of rotatable bonds is 5. The number of aryl methyl sites for hydroxylation is 1. The first-order valence-electron chi connectivity index (χ1n) is 9.90. The van der Waals surface area contributed by atoms with Gasteiger partial charge in [0, 0.05) is 26.2 Å². The number of hydrogen-bond donors (Lipinski definition) is 0. The van der Waals surface area contributed by atoms with Gasteiger partial charge in [-0.1, -0.05) is 29.5 Å². The summed E-state index contributed by atoms with van der Waals surface area (Å²) in [6, 6.07) is 8.44. The van der Waals surface area contributed by atoms with Crippen molar-refractivity contribution in [3.8, 4) is 5.69 Å². The summed E-state index contributed by atoms with van der Waals surface area (Å²) >= 11 is 1.50. The summed E-state index contributed by atoms with van der Waals surface area (Å²) in [6.45, 7) is 5.90. The van der Waals surface area contributed by atoms with Crippen LogP contribution in [-0.4, -0.2) is 57.5 Å². The Morgan fingerprint density at radius 1 is 0.963 bits per heavy atom. The standard InChI is InChI=1S/C20H27N5OS/c1-16-7-9-17(10-8-16)25-19(24-13-3-2-4-14-24)21-22-20(25)27-15-18(26)23-11-5-6-12-23/h7-10H,2-6,11-15H2,1H3.